The number of rotatable bonds is 13. The van der Waals surface area contributed by atoms with Gasteiger partial charge < -0.3 is 19.4 Å². The van der Waals surface area contributed by atoms with Crippen molar-refractivity contribution in [3.8, 4) is 11.1 Å². The van der Waals surface area contributed by atoms with Crippen molar-refractivity contribution in [2.45, 2.75) is 52.6 Å². The van der Waals surface area contributed by atoms with Crippen LogP contribution in [-0.4, -0.2) is 19.0 Å². The van der Waals surface area contributed by atoms with Gasteiger partial charge >= 0.3 is 0 Å². The molecule has 2 aliphatic rings. The van der Waals surface area contributed by atoms with E-state index in [-0.39, 0.29) is 0 Å². The molecule has 0 saturated heterocycles. The van der Waals surface area contributed by atoms with Gasteiger partial charge in [0.25, 0.3) is 0 Å². The minimum absolute atomic E-state index is 0.665. The van der Waals surface area contributed by atoms with Gasteiger partial charge in [0.15, 0.2) is 11.5 Å². The Hall–Kier alpha value is -6.59. The molecule has 1 heterocycles. The predicted octanol–water partition coefficient (Wildman–Crippen LogP) is 12.3. The summed E-state index contributed by atoms with van der Waals surface area (Å²) in [5, 5.41) is 0. The van der Waals surface area contributed by atoms with Gasteiger partial charge in [-0.25, -0.2) is 4.99 Å². The van der Waals surface area contributed by atoms with E-state index < -0.39 is 5.60 Å². The van der Waals surface area contributed by atoms with Crippen LogP contribution < -0.4 is 14.7 Å². The molecule has 5 heteroatoms. The maximum atomic E-state index is 7.23. The Bertz CT molecular complexity index is 2450. The second kappa shape index (κ2) is 16.1. The van der Waals surface area contributed by atoms with E-state index in [1.165, 1.54) is 44.8 Å². The third kappa shape index (κ3) is 7.13. The SMILES string of the molecule is CCN(CC)c1ccc2c(c1)N=C(C)OC21c2ccc(N(Cc3ccccc3)Cc3ccccc3)cc2-c2ccc(N(Cc3ccccc3)Cc3ccccc3)cc21. The molecule has 1 aliphatic heterocycles. The lowest BCUT2D eigenvalue weighted by atomic mass is 9.81. The third-order valence-electron chi connectivity index (χ3n) is 11.7. The molecule has 0 aromatic heterocycles. The summed E-state index contributed by atoms with van der Waals surface area (Å²) in [5.74, 6) is 0.665. The van der Waals surface area contributed by atoms with Crippen LogP contribution in [-0.2, 0) is 36.5 Å². The standard InChI is InChI=1S/C53H50N4O/c1-4-55(5-2)46-28-31-50-52(34-46)54-39(3)58-53(50)49-30-27-44(56(35-40-18-10-6-11-19-40)36-41-20-12-7-13-21-41)32-48(49)47-29-26-45(33-51(47)53)57(37-42-22-14-8-15-23-42)38-43-24-16-9-17-25-43/h6-34H,4-5,35-38H2,1-3H3. The zero-order chi connectivity index (χ0) is 39.5. The zero-order valence-electron chi connectivity index (χ0n) is 33.7. The summed E-state index contributed by atoms with van der Waals surface area (Å²) in [4.78, 5) is 12.4. The van der Waals surface area contributed by atoms with Crippen LogP contribution in [0.25, 0.3) is 11.1 Å². The number of nitrogens with zero attached hydrogens (tertiary/aromatic N) is 4. The van der Waals surface area contributed by atoms with Crippen LogP contribution >= 0.6 is 0 Å². The molecule has 0 N–H and O–H groups in total. The highest BCUT2D eigenvalue weighted by molar-refractivity contribution is 5.92. The van der Waals surface area contributed by atoms with E-state index in [1.54, 1.807) is 0 Å². The molecule has 1 atom stereocenters. The van der Waals surface area contributed by atoms with E-state index in [0.29, 0.717) is 5.90 Å². The lowest BCUT2D eigenvalue weighted by Crippen LogP contribution is -2.35. The van der Waals surface area contributed by atoms with Gasteiger partial charge in [-0.15, -0.1) is 0 Å². The average molecular weight is 759 g/mol. The maximum absolute atomic E-state index is 7.23. The van der Waals surface area contributed by atoms with E-state index in [4.69, 9.17) is 9.73 Å². The van der Waals surface area contributed by atoms with Crippen LogP contribution in [0.15, 0.2) is 181 Å². The minimum Gasteiger partial charge on any atom is -0.460 e. The van der Waals surface area contributed by atoms with Crippen LogP contribution in [0, 0.1) is 0 Å². The summed E-state index contributed by atoms with van der Waals surface area (Å²) in [5.41, 5.74) is 14.4. The van der Waals surface area contributed by atoms with Crippen molar-refractivity contribution in [2.24, 2.45) is 4.99 Å². The number of hydrogen-bond donors (Lipinski definition) is 0. The van der Waals surface area contributed by atoms with E-state index >= 15 is 0 Å². The van der Waals surface area contributed by atoms with Gasteiger partial charge in [0.1, 0.15) is 0 Å². The van der Waals surface area contributed by atoms with Crippen LogP contribution in [0.1, 0.15) is 59.7 Å². The molecule has 1 unspecified atom stereocenters. The Kier molecular flexibility index (Phi) is 10.3. The molecule has 5 nitrogen and oxygen atoms in total. The molecule has 0 amide bonds. The van der Waals surface area contributed by atoms with Crippen molar-refractivity contribution in [3.05, 3.63) is 215 Å². The number of fused-ring (bicyclic) bond motifs is 7. The summed E-state index contributed by atoms with van der Waals surface area (Å²) in [7, 11) is 0. The molecule has 58 heavy (non-hydrogen) atoms. The van der Waals surface area contributed by atoms with Gasteiger partial charge in [0.05, 0.1) is 5.69 Å². The molecule has 0 radical (unpaired) electrons. The smallest absolute Gasteiger partial charge is 0.189 e. The summed E-state index contributed by atoms with van der Waals surface area (Å²) >= 11 is 0. The first kappa shape index (κ1) is 37.0. The molecule has 1 spiro atoms. The van der Waals surface area contributed by atoms with Crippen molar-refractivity contribution >= 4 is 28.6 Å². The van der Waals surface area contributed by atoms with Crippen molar-refractivity contribution in [3.63, 3.8) is 0 Å². The Morgan fingerprint density at radius 1 is 0.431 bits per heavy atom. The quantitative estimate of drug-likeness (QED) is 0.117. The highest BCUT2D eigenvalue weighted by atomic mass is 16.5. The fourth-order valence-corrected chi connectivity index (χ4v) is 8.92. The lowest BCUT2D eigenvalue weighted by molar-refractivity contribution is 0.140. The molecule has 7 aromatic carbocycles. The molecular weight excluding hydrogens is 709 g/mol. The second-order valence-corrected chi connectivity index (χ2v) is 15.4. The third-order valence-corrected chi connectivity index (χ3v) is 11.7. The molecule has 7 aromatic rings. The summed E-state index contributed by atoms with van der Waals surface area (Å²) in [6.45, 7) is 11.4. The van der Waals surface area contributed by atoms with Gasteiger partial charge in [-0.2, -0.15) is 0 Å². The molecule has 0 fully saturated rings. The normalized spacial score (nSPS) is 14.8. The van der Waals surface area contributed by atoms with Crippen molar-refractivity contribution in [1.29, 1.82) is 0 Å². The number of aliphatic imine (C=N–C) groups is 1. The fourth-order valence-electron chi connectivity index (χ4n) is 8.92. The van der Waals surface area contributed by atoms with Gasteiger partial charge in [-0.1, -0.05) is 140 Å². The average Bonchev–Trinajstić information content (AvgIpc) is 3.52. The fraction of sp³-hybridized carbons (Fsp3) is 0.189. The second-order valence-electron chi connectivity index (χ2n) is 15.4. The number of ether oxygens (including phenoxy) is 1. The van der Waals surface area contributed by atoms with Gasteiger partial charge in [0, 0.05) is 79.9 Å². The lowest BCUT2D eigenvalue weighted by Gasteiger charge is -2.38. The zero-order valence-corrected chi connectivity index (χ0v) is 33.7. The Morgan fingerprint density at radius 3 is 1.34 bits per heavy atom. The minimum atomic E-state index is -0.878. The van der Waals surface area contributed by atoms with E-state index in [1.807, 2.05) is 6.92 Å². The molecule has 0 bridgehead atoms. The molecule has 288 valence electrons. The largest absolute Gasteiger partial charge is 0.460 e. The highest BCUT2D eigenvalue weighted by Crippen LogP contribution is 2.58. The summed E-state index contributed by atoms with van der Waals surface area (Å²) in [6, 6.07) is 63.9. The van der Waals surface area contributed by atoms with E-state index in [0.717, 1.165) is 67.3 Å². The molecule has 9 rings (SSSR count). The Balaban J connectivity index is 1.22. The van der Waals surface area contributed by atoms with E-state index in [2.05, 4.69) is 204 Å². The first-order valence-electron chi connectivity index (χ1n) is 20.6. The number of hydrogen-bond acceptors (Lipinski definition) is 5. The first-order chi connectivity index (χ1) is 28.5. The Labute approximate surface area is 343 Å². The van der Waals surface area contributed by atoms with Crippen LogP contribution in [0.5, 0.6) is 0 Å². The van der Waals surface area contributed by atoms with Crippen molar-refractivity contribution in [1.82, 2.24) is 0 Å². The van der Waals surface area contributed by atoms with Crippen molar-refractivity contribution in [2.75, 3.05) is 27.8 Å². The molecular formula is C53H50N4O. The number of benzene rings is 7. The first-order valence-corrected chi connectivity index (χ1v) is 20.6. The van der Waals surface area contributed by atoms with Gasteiger partial charge in [0.2, 0.25) is 0 Å². The highest BCUT2D eigenvalue weighted by Gasteiger charge is 2.50. The predicted molar refractivity (Wildman–Crippen MR) is 241 cm³/mol. The van der Waals surface area contributed by atoms with E-state index in [9.17, 15) is 0 Å². The molecule has 1 aliphatic carbocycles. The maximum Gasteiger partial charge on any atom is 0.189 e. The van der Waals surface area contributed by atoms with Crippen molar-refractivity contribution < 1.29 is 4.74 Å². The summed E-state index contributed by atoms with van der Waals surface area (Å²) in [6.07, 6.45) is 0. The van der Waals surface area contributed by atoms with Gasteiger partial charge in [-0.05, 0) is 83.6 Å². The summed E-state index contributed by atoms with van der Waals surface area (Å²) < 4.78 is 7.23. The monoisotopic (exact) mass is 758 g/mol. The number of anilines is 3. The van der Waals surface area contributed by atoms with Crippen LogP contribution in [0.4, 0.5) is 22.7 Å². The topological polar surface area (TPSA) is 31.3 Å². The molecule has 0 saturated carbocycles. The van der Waals surface area contributed by atoms with Crippen LogP contribution in [0.2, 0.25) is 0 Å². The van der Waals surface area contributed by atoms with Crippen LogP contribution in [0.3, 0.4) is 0 Å². The Morgan fingerprint density at radius 2 is 0.862 bits per heavy atom. The van der Waals surface area contributed by atoms with Gasteiger partial charge in [-0.3, -0.25) is 0 Å².